The van der Waals surface area contributed by atoms with E-state index in [4.69, 9.17) is 15.6 Å². The Morgan fingerprint density at radius 1 is 1.33 bits per heavy atom. The minimum Gasteiger partial charge on any atom is -0.460 e. The maximum absolute atomic E-state index is 11.2. The molecule has 90 valence electrons. The number of hydrogen-bond donors (Lipinski definition) is 3. The van der Waals surface area contributed by atoms with E-state index >= 15 is 0 Å². The Bertz CT molecular complexity index is 200. The fourth-order valence-electron chi connectivity index (χ4n) is 1.07. The van der Waals surface area contributed by atoms with Gasteiger partial charge in [-0.25, -0.2) is 0 Å². The molecule has 0 heterocycles. The molecule has 2 unspecified atom stereocenters. The van der Waals surface area contributed by atoms with E-state index in [1.807, 2.05) is 0 Å². The highest BCUT2D eigenvalue weighted by Crippen LogP contribution is 2.10. The summed E-state index contributed by atoms with van der Waals surface area (Å²) in [5.41, 5.74) is 4.62. The lowest BCUT2D eigenvalue weighted by Gasteiger charge is -2.21. The average molecular weight is 219 g/mol. The van der Waals surface area contributed by atoms with E-state index in [0.29, 0.717) is 0 Å². The van der Waals surface area contributed by atoms with Gasteiger partial charge in [-0.05, 0) is 20.8 Å². The first-order valence-corrected chi connectivity index (χ1v) is 5.02. The first kappa shape index (κ1) is 14.3. The summed E-state index contributed by atoms with van der Waals surface area (Å²) in [5, 5.41) is 18.5. The van der Waals surface area contributed by atoms with Crippen LogP contribution in [0, 0.1) is 0 Å². The van der Waals surface area contributed by atoms with Crippen molar-refractivity contribution in [3.05, 3.63) is 0 Å². The van der Waals surface area contributed by atoms with Crippen LogP contribution in [0.5, 0.6) is 0 Å². The average Bonchev–Trinajstić information content (AvgIpc) is 1.99. The van der Waals surface area contributed by atoms with Gasteiger partial charge in [0.15, 0.2) is 0 Å². The van der Waals surface area contributed by atoms with E-state index in [1.54, 1.807) is 20.8 Å². The maximum atomic E-state index is 11.2. The summed E-state index contributed by atoms with van der Waals surface area (Å²) < 4.78 is 5.01. The second-order valence-corrected chi connectivity index (χ2v) is 4.57. The molecule has 0 saturated heterocycles. The summed E-state index contributed by atoms with van der Waals surface area (Å²) in [6.07, 6.45) is -1.70. The van der Waals surface area contributed by atoms with Crippen molar-refractivity contribution in [2.45, 2.75) is 51.4 Å². The number of hydrogen-bond acceptors (Lipinski definition) is 5. The Morgan fingerprint density at radius 2 is 1.87 bits per heavy atom. The molecule has 0 fully saturated rings. The lowest BCUT2D eigenvalue weighted by atomic mass is 10.1. The standard InChI is InChI=1S/C10H21NO4/c1-10(2,3)15-9(14)5-7(12)4-8(13)6-11/h7-8,12-13H,4-6,11H2,1-3H3. The van der Waals surface area contributed by atoms with Crippen molar-refractivity contribution in [1.82, 2.24) is 0 Å². The predicted molar refractivity (Wildman–Crippen MR) is 56.1 cm³/mol. The lowest BCUT2D eigenvalue weighted by Crippen LogP contribution is -2.30. The van der Waals surface area contributed by atoms with Crippen molar-refractivity contribution in [1.29, 1.82) is 0 Å². The van der Waals surface area contributed by atoms with Gasteiger partial charge in [0.1, 0.15) is 5.60 Å². The van der Waals surface area contributed by atoms with Crippen LogP contribution in [0.4, 0.5) is 0 Å². The first-order chi connectivity index (χ1) is 6.74. The number of esters is 1. The molecule has 0 aromatic carbocycles. The minimum absolute atomic E-state index is 0.0748. The van der Waals surface area contributed by atoms with E-state index in [-0.39, 0.29) is 19.4 Å². The van der Waals surface area contributed by atoms with Crippen molar-refractivity contribution in [2.75, 3.05) is 6.54 Å². The Hall–Kier alpha value is -0.650. The predicted octanol–water partition coefficient (Wildman–Crippen LogP) is -0.211. The smallest absolute Gasteiger partial charge is 0.308 e. The minimum atomic E-state index is -0.904. The molecule has 0 aliphatic carbocycles. The molecule has 0 aromatic rings. The molecule has 2 atom stereocenters. The van der Waals surface area contributed by atoms with Crippen molar-refractivity contribution in [3.8, 4) is 0 Å². The van der Waals surface area contributed by atoms with Crippen molar-refractivity contribution < 1.29 is 19.7 Å². The van der Waals surface area contributed by atoms with Gasteiger partial charge in [0, 0.05) is 13.0 Å². The monoisotopic (exact) mass is 219 g/mol. The van der Waals surface area contributed by atoms with Crippen LogP contribution in [0.25, 0.3) is 0 Å². The molecule has 0 aromatic heterocycles. The Kier molecular flexibility index (Phi) is 5.79. The first-order valence-electron chi connectivity index (χ1n) is 5.02. The highest BCUT2D eigenvalue weighted by atomic mass is 16.6. The number of aliphatic hydroxyl groups is 2. The van der Waals surface area contributed by atoms with Crippen LogP contribution in [0.15, 0.2) is 0 Å². The van der Waals surface area contributed by atoms with Gasteiger partial charge < -0.3 is 20.7 Å². The van der Waals surface area contributed by atoms with Gasteiger partial charge in [0.2, 0.25) is 0 Å². The maximum Gasteiger partial charge on any atom is 0.308 e. The summed E-state index contributed by atoms with van der Waals surface area (Å²) in [6, 6.07) is 0. The van der Waals surface area contributed by atoms with Crippen LogP contribution in [-0.4, -0.2) is 40.5 Å². The van der Waals surface area contributed by atoms with Gasteiger partial charge >= 0.3 is 5.97 Å². The van der Waals surface area contributed by atoms with E-state index in [2.05, 4.69) is 0 Å². The van der Waals surface area contributed by atoms with E-state index in [9.17, 15) is 9.90 Å². The van der Waals surface area contributed by atoms with Gasteiger partial charge in [0.25, 0.3) is 0 Å². The molecule has 0 bridgehead atoms. The van der Waals surface area contributed by atoms with E-state index < -0.39 is 23.8 Å². The summed E-state index contributed by atoms with van der Waals surface area (Å²) in [7, 11) is 0. The van der Waals surface area contributed by atoms with E-state index in [1.165, 1.54) is 0 Å². The van der Waals surface area contributed by atoms with Gasteiger partial charge in [-0.1, -0.05) is 0 Å². The Morgan fingerprint density at radius 3 is 2.27 bits per heavy atom. The number of nitrogens with two attached hydrogens (primary N) is 1. The largest absolute Gasteiger partial charge is 0.460 e. The van der Waals surface area contributed by atoms with Crippen molar-refractivity contribution in [3.63, 3.8) is 0 Å². The third-order valence-corrected chi connectivity index (χ3v) is 1.64. The SMILES string of the molecule is CC(C)(C)OC(=O)CC(O)CC(O)CN. The van der Waals surface area contributed by atoms with E-state index in [0.717, 1.165) is 0 Å². The third-order valence-electron chi connectivity index (χ3n) is 1.64. The fraction of sp³-hybridized carbons (Fsp3) is 0.900. The fourth-order valence-corrected chi connectivity index (χ4v) is 1.07. The number of carbonyl (C=O) groups excluding carboxylic acids is 1. The van der Waals surface area contributed by atoms with Gasteiger partial charge in [-0.15, -0.1) is 0 Å². The molecule has 0 radical (unpaired) electrons. The zero-order valence-corrected chi connectivity index (χ0v) is 9.56. The van der Waals surface area contributed by atoms with Crippen LogP contribution < -0.4 is 5.73 Å². The molecule has 0 saturated carbocycles. The molecule has 4 N–H and O–H groups in total. The quantitative estimate of drug-likeness (QED) is 0.556. The second-order valence-electron chi connectivity index (χ2n) is 4.57. The summed E-state index contributed by atoms with van der Waals surface area (Å²) in [6.45, 7) is 5.34. The van der Waals surface area contributed by atoms with Crippen LogP contribution in [-0.2, 0) is 9.53 Å². The number of carbonyl (C=O) groups is 1. The highest BCUT2D eigenvalue weighted by Gasteiger charge is 2.20. The zero-order valence-electron chi connectivity index (χ0n) is 9.56. The number of rotatable bonds is 5. The number of ether oxygens (including phenoxy) is 1. The normalized spacial score (nSPS) is 15.9. The highest BCUT2D eigenvalue weighted by molar-refractivity contribution is 5.70. The topological polar surface area (TPSA) is 92.8 Å². The zero-order chi connectivity index (χ0) is 12.1. The third kappa shape index (κ3) is 8.35. The summed E-state index contributed by atoms with van der Waals surface area (Å²) >= 11 is 0. The Balaban J connectivity index is 3.87. The molecule has 0 aliphatic heterocycles. The van der Waals surface area contributed by atoms with Crippen LogP contribution in [0.1, 0.15) is 33.6 Å². The second kappa shape index (κ2) is 6.05. The van der Waals surface area contributed by atoms with Gasteiger partial charge in [0.05, 0.1) is 18.6 Å². The molecular formula is C10H21NO4. The van der Waals surface area contributed by atoms with Crippen LogP contribution in [0.2, 0.25) is 0 Å². The molecule has 0 aliphatic rings. The van der Waals surface area contributed by atoms with Crippen LogP contribution >= 0.6 is 0 Å². The van der Waals surface area contributed by atoms with Crippen molar-refractivity contribution in [2.24, 2.45) is 5.73 Å². The summed E-state index contributed by atoms with van der Waals surface area (Å²) in [5.74, 6) is -0.473. The van der Waals surface area contributed by atoms with Gasteiger partial charge in [-0.2, -0.15) is 0 Å². The van der Waals surface area contributed by atoms with Crippen molar-refractivity contribution >= 4 is 5.97 Å². The molecule has 0 spiro atoms. The molecule has 0 amide bonds. The molecule has 15 heavy (non-hydrogen) atoms. The lowest BCUT2D eigenvalue weighted by molar-refractivity contribution is -0.157. The molecule has 5 nitrogen and oxygen atoms in total. The summed E-state index contributed by atoms with van der Waals surface area (Å²) in [4.78, 5) is 11.2. The number of aliphatic hydroxyl groups excluding tert-OH is 2. The van der Waals surface area contributed by atoms with Crippen LogP contribution in [0.3, 0.4) is 0 Å². The Labute approximate surface area is 90.2 Å². The molecule has 5 heteroatoms. The van der Waals surface area contributed by atoms with Gasteiger partial charge in [-0.3, -0.25) is 4.79 Å². The molecule has 0 rings (SSSR count). The molecular weight excluding hydrogens is 198 g/mol.